The van der Waals surface area contributed by atoms with Crippen LogP contribution in [0.15, 0.2) is 22.8 Å². The first-order valence-corrected chi connectivity index (χ1v) is 5.25. The Labute approximate surface area is 90.8 Å². The molecule has 0 amide bonds. The summed E-state index contributed by atoms with van der Waals surface area (Å²) < 4.78 is 7.99. The van der Waals surface area contributed by atoms with E-state index in [-0.39, 0.29) is 0 Å². The van der Waals surface area contributed by atoms with Crippen LogP contribution in [0.4, 0.5) is 0 Å². The van der Waals surface area contributed by atoms with Gasteiger partial charge in [-0.3, -0.25) is 0 Å². The van der Waals surface area contributed by atoms with Crippen molar-refractivity contribution in [2.24, 2.45) is 0 Å². The molecule has 2 aromatic rings. The molecule has 0 radical (unpaired) electrons. The third-order valence-corrected chi connectivity index (χ3v) is 2.78. The molecular weight excluding hydrogens is 244 g/mol. The van der Waals surface area contributed by atoms with E-state index in [0.29, 0.717) is 0 Å². The fourth-order valence-electron chi connectivity index (χ4n) is 1.36. The third-order valence-electron chi connectivity index (χ3n) is 2.15. The Morgan fingerprint density at radius 2 is 2.29 bits per heavy atom. The van der Waals surface area contributed by atoms with Crippen molar-refractivity contribution in [2.45, 2.75) is 13.3 Å². The first-order chi connectivity index (χ1) is 6.74. The predicted octanol–water partition coefficient (Wildman–Crippen LogP) is 2.67. The molecule has 14 heavy (non-hydrogen) atoms. The first kappa shape index (κ1) is 9.52. The molecule has 0 spiro atoms. The van der Waals surface area contributed by atoms with Crippen molar-refractivity contribution in [1.29, 1.82) is 0 Å². The summed E-state index contributed by atoms with van der Waals surface area (Å²) in [5, 5.41) is 4.41. The van der Waals surface area contributed by atoms with Crippen LogP contribution in [0, 0.1) is 0 Å². The summed E-state index contributed by atoms with van der Waals surface area (Å²) in [4.78, 5) is 0. The molecule has 2 rings (SSSR count). The standard InChI is InChI=1S/C10H11BrN2O/c1-3-7-4-10-9(11)5-8(14-2)6-13(10)12-7/h4-6H,3H2,1-2H3. The van der Waals surface area contributed by atoms with Crippen LogP contribution in [0.3, 0.4) is 0 Å². The quantitative estimate of drug-likeness (QED) is 0.824. The van der Waals surface area contributed by atoms with Crippen molar-refractivity contribution in [3.63, 3.8) is 0 Å². The molecule has 4 heteroatoms. The number of nitrogens with zero attached hydrogens (tertiary/aromatic N) is 2. The highest BCUT2D eigenvalue weighted by Gasteiger charge is 2.05. The first-order valence-electron chi connectivity index (χ1n) is 4.46. The minimum Gasteiger partial charge on any atom is -0.495 e. The Bertz CT molecular complexity index is 464. The second-order valence-electron chi connectivity index (χ2n) is 3.05. The zero-order valence-corrected chi connectivity index (χ0v) is 9.71. The highest BCUT2D eigenvalue weighted by Crippen LogP contribution is 2.24. The zero-order valence-electron chi connectivity index (χ0n) is 8.12. The van der Waals surface area contributed by atoms with Crippen LogP contribution in [0.2, 0.25) is 0 Å². The number of rotatable bonds is 2. The fourth-order valence-corrected chi connectivity index (χ4v) is 1.88. The number of aromatic nitrogens is 2. The summed E-state index contributed by atoms with van der Waals surface area (Å²) in [6, 6.07) is 4.01. The van der Waals surface area contributed by atoms with Crippen molar-refractivity contribution in [2.75, 3.05) is 7.11 Å². The summed E-state index contributed by atoms with van der Waals surface area (Å²) >= 11 is 3.49. The summed E-state index contributed by atoms with van der Waals surface area (Å²) in [6.07, 6.45) is 2.82. The normalized spacial score (nSPS) is 10.8. The van der Waals surface area contributed by atoms with Gasteiger partial charge in [0.15, 0.2) is 0 Å². The third kappa shape index (κ3) is 1.50. The molecular formula is C10H11BrN2O. The summed E-state index contributed by atoms with van der Waals surface area (Å²) in [7, 11) is 1.65. The maximum Gasteiger partial charge on any atom is 0.138 e. The number of hydrogen-bond donors (Lipinski definition) is 0. The molecule has 0 unspecified atom stereocenters. The lowest BCUT2D eigenvalue weighted by atomic mass is 10.3. The van der Waals surface area contributed by atoms with Gasteiger partial charge in [-0.2, -0.15) is 5.10 Å². The number of hydrogen-bond acceptors (Lipinski definition) is 2. The van der Waals surface area contributed by atoms with Gasteiger partial charge in [-0.1, -0.05) is 6.92 Å². The van der Waals surface area contributed by atoms with Gasteiger partial charge in [-0.05, 0) is 34.5 Å². The van der Waals surface area contributed by atoms with Crippen molar-refractivity contribution in [3.8, 4) is 5.75 Å². The molecule has 0 saturated carbocycles. The minimum absolute atomic E-state index is 0.801. The van der Waals surface area contributed by atoms with Crippen LogP contribution in [-0.2, 0) is 6.42 Å². The van der Waals surface area contributed by atoms with Crippen molar-refractivity contribution in [3.05, 3.63) is 28.5 Å². The molecule has 0 aliphatic rings. The average molecular weight is 255 g/mol. The zero-order chi connectivity index (χ0) is 10.1. The van der Waals surface area contributed by atoms with Crippen LogP contribution in [0.1, 0.15) is 12.6 Å². The van der Waals surface area contributed by atoms with E-state index in [0.717, 1.165) is 27.9 Å². The SMILES string of the molecule is CCc1cc2c(Br)cc(OC)cn2n1. The van der Waals surface area contributed by atoms with E-state index >= 15 is 0 Å². The van der Waals surface area contributed by atoms with Gasteiger partial charge >= 0.3 is 0 Å². The predicted molar refractivity (Wildman–Crippen MR) is 58.8 cm³/mol. The van der Waals surface area contributed by atoms with Gasteiger partial charge in [-0.25, -0.2) is 4.52 Å². The van der Waals surface area contributed by atoms with Crippen LogP contribution < -0.4 is 4.74 Å². The van der Waals surface area contributed by atoms with E-state index in [4.69, 9.17) is 4.74 Å². The van der Waals surface area contributed by atoms with E-state index < -0.39 is 0 Å². The van der Waals surface area contributed by atoms with E-state index in [1.54, 1.807) is 7.11 Å². The number of pyridine rings is 1. The van der Waals surface area contributed by atoms with Crippen LogP contribution >= 0.6 is 15.9 Å². The molecule has 0 atom stereocenters. The van der Waals surface area contributed by atoms with Gasteiger partial charge < -0.3 is 4.74 Å². The molecule has 74 valence electrons. The Morgan fingerprint density at radius 3 is 2.93 bits per heavy atom. The summed E-state index contributed by atoms with van der Waals surface area (Å²) in [5.74, 6) is 0.801. The van der Waals surface area contributed by atoms with Gasteiger partial charge in [0, 0.05) is 4.47 Å². The Kier molecular flexibility index (Phi) is 2.46. The van der Waals surface area contributed by atoms with Crippen LogP contribution in [0.5, 0.6) is 5.75 Å². The molecule has 0 saturated heterocycles. The van der Waals surface area contributed by atoms with Crippen LogP contribution in [0.25, 0.3) is 5.52 Å². The van der Waals surface area contributed by atoms with E-state index in [1.807, 2.05) is 16.8 Å². The molecule has 2 heterocycles. The monoisotopic (exact) mass is 254 g/mol. The average Bonchev–Trinajstić information content (AvgIpc) is 2.61. The Hall–Kier alpha value is -1.03. The highest BCUT2D eigenvalue weighted by atomic mass is 79.9. The molecule has 2 aromatic heterocycles. The highest BCUT2D eigenvalue weighted by molar-refractivity contribution is 9.10. The van der Waals surface area contributed by atoms with Crippen molar-refractivity contribution >= 4 is 21.4 Å². The fraction of sp³-hybridized carbons (Fsp3) is 0.300. The molecule has 0 bridgehead atoms. The topological polar surface area (TPSA) is 26.5 Å². The number of aryl methyl sites for hydroxylation is 1. The number of ether oxygens (including phenoxy) is 1. The Balaban J connectivity index is 2.67. The summed E-state index contributed by atoms with van der Waals surface area (Å²) in [5.41, 5.74) is 2.15. The van der Waals surface area contributed by atoms with Crippen molar-refractivity contribution < 1.29 is 4.74 Å². The molecule has 0 aromatic carbocycles. The van der Waals surface area contributed by atoms with Gasteiger partial charge in [0.1, 0.15) is 5.75 Å². The second kappa shape index (κ2) is 3.61. The van der Waals surface area contributed by atoms with Gasteiger partial charge in [0.25, 0.3) is 0 Å². The smallest absolute Gasteiger partial charge is 0.138 e. The van der Waals surface area contributed by atoms with Crippen molar-refractivity contribution in [1.82, 2.24) is 9.61 Å². The number of halogens is 1. The van der Waals surface area contributed by atoms with Gasteiger partial charge in [0.2, 0.25) is 0 Å². The molecule has 0 N–H and O–H groups in total. The lowest BCUT2D eigenvalue weighted by Crippen LogP contribution is -1.91. The lowest BCUT2D eigenvalue weighted by Gasteiger charge is -2.01. The van der Waals surface area contributed by atoms with Crippen LogP contribution in [-0.4, -0.2) is 16.7 Å². The second-order valence-corrected chi connectivity index (χ2v) is 3.90. The van der Waals surface area contributed by atoms with E-state index in [9.17, 15) is 0 Å². The number of fused-ring (bicyclic) bond motifs is 1. The lowest BCUT2D eigenvalue weighted by molar-refractivity contribution is 0.411. The molecule has 0 aliphatic carbocycles. The largest absolute Gasteiger partial charge is 0.495 e. The summed E-state index contributed by atoms with van der Waals surface area (Å²) in [6.45, 7) is 2.09. The van der Waals surface area contributed by atoms with Gasteiger partial charge in [0.05, 0.1) is 24.5 Å². The maximum absolute atomic E-state index is 5.16. The maximum atomic E-state index is 5.16. The van der Waals surface area contributed by atoms with E-state index in [2.05, 4.69) is 34.0 Å². The molecule has 3 nitrogen and oxygen atoms in total. The molecule has 0 fully saturated rings. The molecule has 0 aliphatic heterocycles. The van der Waals surface area contributed by atoms with Gasteiger partial charge in [-0.15, -0.1) is 0 Å². The minimum atomic E-state index is 0.801. The number of methoxy groups -OCH3 is 1. The Morgan fingerprint density at radius 1 is 1.50 bits per heavy atom. The van der Waals surface area contributed by atoms with E-state index in [1.165, 1.54) is 0 Å².